The van der Waals surface area contributed by atoms with Crippen LogP contribution in [0.1, 0.15) is 17.3 Å². The summed E-state index contributed by atoms with van der Waals surface area (Å²) in [6.07, 6.45) is 0. The van der Waals surface area contributed by atoms with E-state index >= 15 is 0 Å². The van der Waals surface area contributed by atoms with Gasteiger partial charge >= 0.3 is 0 Å². The maximum absolute atomic E-state index is 11.9. The number of hydrogen-bond acceptors (Lipinski definition) is 3. The smallest absolute Gasteiger partial charge is 0.253 e. The first-order chi connectivity index (χ1) is 8.18. The number of sulfonamides is 1. The Morgan fingerprint density at radius 3 is 2.50 bits per heavy atom. The number of halogens is 2. The van der Waals surface area contributed by atoms with Gasteiger partial charge in [0.25, 0.3) is 5.91 Å². The lowest BCUT2D eigenvalue weighted by atomic mass is 10.2. The summed E-state index contributed by atoms with van der Waals surface area (Å²) in [6, 6.07) is 2.61. The summed E-state index contributed by atoms with van der Waals surface area (Å²) in [4.78, 5) is 13.2. The number of primary sulfonamides is 1. The maximum Gasteiger partial charge on any atom is 0.253 e. The molecule has 2 N–H and O–H groups in total. The second-order valence-corrected chi connectivity index (χ2v) is 6.36. The zero-order valence-corrected chi connectivity index (χ0v) is 12.9. The minimum Gasteiger partial charge on any atom is -0.342 e. The van der Waals surface area contributed by atoms with E-state index < -0.39 is 10.0 Å². The molecule has 100 valence electrons. The molecule has 0 saturated heterocycles. The monoisotopic (exact) mass is 354 g/mol. The molecule has 0 spiro atoms. The fourth-order valence-corrected chi connectivity index (χ4v) is 3.09. The summed E-state index contributed by atoms with van der Waals surface area (Å²) in [7, 11) is -2.34. The fourth-order valence-electron chi connectivity index (χ4n) is 1.26. The van der Waals surface area contributed by atoms with Crippen molar-refractivity contribution in [3.05, 3.63) is 27.2 Å². The largest absolute Gasteiger partial charge is 0.342 e. The van der Waals surface area contributed by atoms with E-state index in [0.29, 0.717) is 6.54 Å². The van der Waals surface area contributed by atoms with Gasteiger partial charge in [-0.15, -0.1) is 0 Å². The molecule has 0 aromatic heterocycles. The molecule has 0 saturated carbocycles. The average Bonchev–Trinajstić information content (AvgIpc) is 2.28. The summed E-state index contributed by atoms with van der Waals surface area (Å²) in [5.74, 6) is -0.322. The van der Waals surface area contributed by atoms with Crippen LogP contribution in [0, 0.1) is 0 Å². The molecule has 1 rings (SSSR count). The third-order valence-electron chi connectivity index (χ3n) is 2.37. The molecule has 1 aromatic carbocycles. The van der Waals surface area contributed by atoms with E-state index in [1.54, 1.807) is 14.0 Å². The second-order valence-electron chi connectivity index (χ2n) is 3.63. The van der Waals surface area contributed by atoms with Crippen LogP contribution in [0.3, 0.4) is 0 Å². The SMILES string of the molecule is CCN(C)C(=O)c1cc(Cl)c(Br)c(S(N)(=O)=O)c1. The van der Waals surface area contributed by atoms with Crippen LogP contribution in [-0.2, 0) is 10.0 Å². The Labute approximate surface area is 119 Å². The quantitative estimate of drug-likeness (QED) is 0.898. The number of hydrogen-bond donors (Lipinski definition) is 1. The molecule has 0 atom stereocenters. The zero-order chi connectivity index (χ0) is 14.1. The molecule has 0 heterocycles. The van der Waals surface area contributed by atoms with Crippen molar-refractivity contribution in [2.75, 3.05) is 13.6 Å². The van der Waals surface area contributed by atoms with Gasteiger partial charge in [-0.1, -0.05) is 11.6 Å². The van der Waals surface area contributed by atoms with Gasteiger partial charge in [0.2, 0.25) is 10.0 Å². The first kappa shape index (κ1) is 15.4. The number of carbonyl (C=O) groups is 1. The first-order valence-electron chi connectivity index (χ1n) is 4.95. The van der Waals surface area contributed by atoms with Crippen LogP contribution in [0.2, 0.25) is 5.02 Å². The zero-order valence-electron chi connectivity index (χ0n) is 9.78. The molecule has 0 fully saturated rings. The Kier molecular flexibility index (Phi) is 4.77. The molecule has 0 radical (unpaired) electrons. The maximum atomic E-state index is 11.9. The van der Waals surface area contributed by atoms with Crippen LogP contribution in [0.5, 0.6) is 0 Å². The molecular formula is C10H12BrClN2O3S. The average molecular weight is 356 g/mol. The predicted molar refractivity (Wildman–Crippen MR) is 73.2 cm³/mol. The molecular weight excluding hydrogens is 344 g/mol. The van der Waals surface area contributed by atoms with Crippen LogP contribution in [0.25, 0.3) is 0 Å². The number of rotatable bonds is 3. The van der Waals surface area contributed by atoms with Gasteiger partial charge in [0.15, 0.2) is 0 Å². The van der Waals surface area contributed by atoms with E-state index in [1.807, 2.05) is 0 Å². The topological polar surface area (TPSA) is 80.5 Å². The standard InChI is InChI=1S/C10H12BrClN2O3S/c1-3-14(2)10(15)6-4-7(12)9(11)8(5-6)18(13,16)17/h4-5H,3H2,1-2H3,(H2,13,16,17). The number of benzene rings is 1. The Morgan fingerprint density at radius 2 is 2.06 bits per heavy atom. The highest BCUT2D eigenvalue weighted by Crippen LogP contribution is 2.30. The van der Waals surface area contributed by atoms with Gasteiger partial charge in [-0.05, 0) is 35.0 Å². The summed E-state index contributed by atoms with van der Waals surface area (Å²) in [5, 5.41) is 5.18. The Balaban J connectivity index is 3.43. The van der Waals surface area contributed by atoms with Crippen molar-refractivity contribution in [3.63, 3.8) is 0 Å². The molecule has 8 heteroatoms. The lowest BCUT2D eigenvalue weighted by molar-refractivity contribution is 0.0802. The van der Waals surface area contributed by atoms with Crippen LogP contribution >= 0.6 is 27.5 Å². The minimum atomic E-state index is -3.95. The highest BCUT2D eigenvalue weighted by Gasteiger charge is 2.20. The lowest BCUT2D eigenvalue weighted by Crippen LogP contribution is -2.26. The summed E-state index contributed by atoms with van der Waals surface area (Å²) in [5.41, 5.74) is 0.177. The third kappa shape index (κ3) is 3.23. The predicted octanol–water partition coefficient (Wildman–Crippen LogP) is 1.84. The van der Waals surface area contributed by atoms with Gasteiger partial charge in [-0.25, -0.2) is 13.6 Å². The number of nitrogens with two attached hydrogens (primary N) is 1. The van der Waals surface area contributed by atoms with Crippen LogP contribution in [0.15, 0.2) is 21.5 Å². The Bertz CT molecular complexity index is 589. The normalized spacial score (nSPS) is 11.4. The first-order valence-corrected chi connectivity index (χ1v) is 7.67. The molecule has 0 bridgehead atoms. The van der Waals surface area contributed by atoms with E-state index in [4.69, 9.17) is 16.7 Å². The summed E-state index contributed by atoms with van der Waals surface area (Å²) < 4.78 is 22.9. The summed E-state index contributed by atoms with van der Waals surface area (Å²) >= 11 is 8.92. The Hall–Kier alpha value is -0.630. The molecule has 1 amide bonds. The molecule has 1 aromatic rings. The fraction of sp³-hybridized carbons (Fsp3) is 0.300. The van der Waals surface area contributed by atoms with E-state index in [0.717, 1.165) is 0 Å². The van der Waals surface area contributed by atoms with Crippen molar-refractivity contribution in [1.82, 2.24) is 4.90 Å². The highest BCUT2D eigenvalue weighted by molar-refractivity contribution is 9.10. The molecule has 0 aliphatic rings. The van der Waals surface area contributed by atoms with Crippen molar-refractivity contribution in [3.8, 4) is 0 Å². The van der Waals surface area contributed by atoms with E-state index in [2.05, 4.69) is 15.9 Å². The molecule has 0 unspecified atom stereocenters. The molecule has 18 heavy (non-hydrogen) atoms. The number of carbonyl (C=O) groups excluding carboxylic acids is 1. The molecule has 0 aliphatic carbocycles. The van der Waals surface area contributed by atoms with Gasteiger partial charge < -0.3 is 4.90 Å². The van der Waals surface area contributed by atoms with Crippen molar-refractivity contribution >= 4 is 43.5 Å². The summed E-state index contributed by atoms with van der Waals surface area (Å²) in [6.45, 7) is 2.30. The highest BCUT2D eigenvalue weighted by atomic mass is 79.9. The van der Waals surface area contributed by atoms with Crippen molar-refractivity contribution in [1.29, 1.82) is 0 Å². The van der Waals surface area contributed by atoms with Gasteiger partial charge in [0.1, 0.15) is 0 Å². The van der Waals surface area contributed by atoms with Crippen LogP contribution in [0.4, 0.5) is 0 Å². The molecule has 5 nitrogen and oxygen atoms in total. The molecule has 0 aliphatic heterocycles. The van der Waals surface area contributed by atoms with Gasteiger partial charge in [-0.2, -0.15) is 0 Å². The Morgan fingerprint density at radius 1 is 1.50 bits per heavy atom. The van der Waals surface area contributed by atoms with Crippen molar-refractivity contribution in [2.24, 2.45) is 5.14 Å². The van der Waals surface area contributed by atoms with Crippen molar-refractivity contribution < 1.29 is 13.2 Å². The third-order valence-corrected chi connectivity index (χ3v) is 4.95. The van der Waals surface area contributed by atoms with Gasteiger partial charge in [0, 0.05) is 19.2 Å². The number of amides is 1. The lowest BCUT2D eigenvalue weighted by Gasteiger charge is -2.15. The van der Waals surface area contributed by atoms with Crippen molar-refractivity contribution in [2.45, 2.75) is 11.8 Å². The van der Waals surface area contributed by atoms with Gasteiger partial charge in [0.05, 0.1) is 14.4 Å². The minimum absolute atomic E-state index is 0.120. The van der Waals surface area contributed by atoms with Crippen LogP contribution in [-0.4, -0.2) is 32.8 Å². The van der Waals surface area contributed by atoms with E-state index in [9.17, 15) is 13.2 Å². The van der Waals surface area contributed by atoms with E-state index in [-0.39, 0.29) is 25.9 Å². The van der Waals surface area contributed by atoms with Gasteiger partial charge in [-0.3, -0.25) is 4.79 Å². The van der Waals surface area contributed by atoms with Crippen LogP contribution < -0.4 is 5.14 Å². The second kappa shape index (κ2) is 5.56. The van der Waals surface area contributed by atoms with E-state index in [1.165, 1.54) is 17.0 Å². The number of nitrogens with zero attached hydrogens (tertiary/aromatic N) is 1.